The number of unbranched alkanes of at least 4 members (excludes halogenated alkanes) is 11. The highest BCUT2D eigenvalue weighted by Gasteiger charge is 2.16. The number of nitrogens with one attached hydrogen (secondary N) is 1. The zero-order valence-electron chi connectivity index (χ0n) is 21.6. The van der Waals surface area contributed by atoms with Crippen LogP contribution in [0.2, 0.25) is 0 Å². The molecule has 9 nitrogen and oxygen atoms in total. The van der Waals surface area contributed by atoms with E-state index >= 15 is 0 Å². The zero-order valence-corrected chi connectivity index (χ0v) is 23.2. The van der Waals surface area contributed by atoms with Gasteiger partial charge in [-0.1, -0.05) is 79.4 Å². The van der Waals surface area contributed by atoms with Gasteiger partial charge in [0.2, 0.25) is 5.91 Å². The second-order valence-corrected chi connectivity index (χ2v) is 11.7. The standard InChI is InChI=1S/C25H47N3O6S2/c26-20(22(29)14-10-6-2-1-3-7-11-15-23(30)31)18-35-36-19-21(27)25(34)28-17-13-9-5-4-8-12-16-24(32)33/h20-21H,1-19,26-27H2,(H,28,34)(H,30,31)(H,32,33). The maximum absolute atomic E-state index is 12.2. The molecule has 0 heterocycles. The highest BCUT2D eigenvalue weighted by atomic mass is 33.1. The summed E-state index contributed by atoms with van der Waals surface area (Å²) in [6.45, 7) is 0.587. The number of carboxylic acid groups (broad SMARTS) is 2. The van der Waals surface area contributed by atoms with Gasteiger partial charge in [0.1, 0.15) is 5.78 Å². The van der Waals surface area contributed by atoms with Gasteiger partial charge >= 0.3 is 11.9 Å². The van der Waals surface area contributed by atoms with Crippen LogP contribution in [0, 0.1) is 0 Å². The summed E-state index contributed by atoms with van der Waals surface area (Å²) in [6.07, 6.45) is 13.1. The van der Waals surface area contributed by atoms with E-state index in [0.29, 0.717) is 24.5 Å². The van der Waals surface area contributed by atoms with Crippen molar-refractivity contribution in [1.82, 2.24) is 5.32 Å². The summed E-state index contributed by atoms with van der Waals surface area (Å²) < 4.78 is 0. The second kappa shape index (κ2) is 24.1. The predicted molar refractivity (Wildman–Crippen MR) is 148 cm³/mol. The summed E-state index contributed by atoms with van der Waals surface area (Å²) in [5, 5.41) is 20.0. The van der Waals surface area contributed by atoms with Gasteiger partial charge in [-0.05, 0) is 25.7 Å². The number of Topliss-reactive ketones (excluding diaryl/α,β-unsaturated/α-hetero) is 1. The van der Waals surface area contributed by atoms with Crippen molar-refractivity contribution >= 4 is 45.2 Å². The Labute approximate surface area is 224 Å². The minimum atomic E-state index is -0.746. The lowest BCUT2D eigenvalue weighted by Gasteiger charge is -2.13. The van der Waals surface area contributed by atoms with Crippen LogP contribution in [0.15, 0.2) is 0 Å². The number of hydrogen-bond acceptors (Lipinski definition) is 8. The average Bonchev–Trinajstić information content (AvgIpc) is 2.83. The van der Waals surface area contributed by atoms with E-state index in [1.165, 1.54) is 21.6 Å². The number of carbonyl (C=O) groups excluding carboxylic acids is 2. The van der Waals surface area contributed by atoms with E-state index in [9.17, 15) is 19.2 Å². The van der Waals surface area contributed by atoms with Crippen molar-refractivity contribution in [3.63, 3.8) is 0 Å². The van der Waals surface area contributed by atoms with Gasteiger partial charge in [-0.15, -0.1) is 0 Å². The molecular weight excluding hydrogens is 502 g/mol. The number of amides is 1. The Morgan fingerprint density at radius 2 is 0.972 bits per heavy atom. The number of carbonyl (C=O) groups is 4. The van der Waals surface area contributed by atoms with Gasteiger partial charge in [0, 0.05) is 37.3 Å². The van der Waals surface area contributed by atoms with Crippen molar-refractivity contribution < 1.29 is 29.4 Å². The van der Waals surface area contributed by atoms with Gasteiger partial charge in [-0.25, -0.2) is 0 Å². The summed E-state index contributed by atoms with van der Waals surface area (Å²) in [5.74, 6) is -0.650. The Morgan fingerprint density at radius 1 is 0.583 bits per heavy atom. The second-order valence-electron chi connectivity index (χ2n) is 9.17. The molecule has 36 heavy (non-hydrogen) atoms. The molecule has 11 heteroatoms. The first-order chi connectivity index (χ1) is 17.2. The number of aliphatic carboxylic acids is 2. The topological polar surface area (TPSA) is 173 Å². The van der Waals surface area contributed by atoms with Crippen molar-refractivity contribution in [2.45, 2.75) is 115 Å². The van der Waals surface area contributed by atoms with Crippen LogP contribution in [0.1, 0.15) is 103 Å². The minimum Gasteiger partial charge on any atom is -0.481 e. The zero-order chi connectivity index (χ0) is 27.0. The fraction of sp³-hybridized carbons (Fsp3) is 0.840. The van der Waals surface area contributed by atoms with Crippen LogP contribution < -0.4 is 16.8 Å². The molecule has 210 valence electrons. The van der Waals surface area contributed by atoms with Gasteiger partial charge < -0.3 is 27.0 Å². The first kappa shape index (κ1) is 34.7. The third-order valence-electron chi connectivity index (χ3n) is 5.76. The van der Waals surface area contributed by atoms with Crippen LogP contribution in [-0.2, 0) is 19.2 Å². The predicted octanol–water partition coefficient (Wildman–Crippen LogP) is 4.12. The van der Waals surface area contributed by atoms with Crippen molar-refractivity contribution in [2.75, 3.05) is 18.1 Å². The number of rotatable bonds is 26. The summed E-state index contributed by atoms with van der Waals surface area (Å²) in [6, 6.07) is -1.11. The van der Waals surface area contributed by atoms with Gasteiger partial charge in [0.05, 0.1) is 12.1 Å². The van der Waals surface area contributed by atoms with E-state index in [0.717, 1.165) is 83.5 Å². The average molecular weight is 550 g/mol. The van der Waals surface area contributed by atoms with E-state index in [1.807, 2.05) is 0 Å². The molecule has 0 aliphatic heterocycles. The number of carboxylic acids is 2. The smallest absolute Gasteiger partial charge is 0.303 e. The van der Waals surface area contributed by atoms with Crippen LogP contribution in [-0.4, -0.2) is 64.0 Å². The SMILES string of the molecule is NC(CSSCC(N)C(=O)NCCCCCCCCC(=O)O)C(=O)CCCCCCCCCC(=O)O. The summed E-state index contributed by atoms with van der Waals surface area (Å²) in [4.78, 5) is 45.1. The van der Waals surface area contributed by atoms with Crippen LogP contribution in [0.5, 0.6) is 0 Å². The lowest BCUT2D eigenvalue weighted by Crippen LogP contribution is -2.42. The summed E-state index contributed by atoms with van der Waals surface area (Å²) in [5.41, 5.74) is 11.9. The highest BCUT2D eigenvalue weighted by molar-refractivity contribution is 8.76. The summed E-state index contributed by atoms with van der Waals surface area (Å²) in [7, 11) is 2.92. The van der Waals surface area contributed by atoms with E-state index in [4.69, 9.17) is 21.7 Å². The van der Waals surface area contributed by atoms with E-state index in [1.54, 1.807) is 0 Å². The molecule has 0 aromatic rings. The molecular formula is C25H47N3O6S2. The van der Waals surface area contributed by atoms with Gasteiger partial charge in [0.25, 0.3) is 0 Å². The van der Waals surface area contributed by atoms with Crippen molar-refractivity contribution in [1.29, 1.82) is 0 Å². The Balaban J connectivity index is 3.60. The van der Waals surface area contributed by atoms with E-state index in [-0.39, 0.29) is 24.5 Å². The van der Waals surface area contributed by atoms with Crippen LogP contribution in [0.25, 0.3) is 0 Å². The largest absolute Gasteiger partial charge is 0.481 e. The molecule has 0 aromatic carbocycles. The molecule has 0 saturated carbocycles. The van der Waals surface area contributed by atoms with Crippen molar-refractivity contribution in [3.8, 4) is 0 Å². The third-order valence-corrected chi connectivity index (χ3v) is 8.23. The third kappa shape index (κ3) is 23.1. The highest BCUT2D eigenvalue weighted by Crippen LogP contribution is 2.23. The lowest BCUT2D eigenvalue weighted by molar-refractivity contribution is -0.138. The van der Waals surface area contributed by atoms with Gasteiger partial charge in [-0.2, -0.15) is 0 Å². The first-order valence-corrected chi connectivity index (χ1v) is 15.7. The van der Waals surface area contributed by atoms with E-state index in [2.05, 4.69) is 5.32 Å². The monoisotopic (exact) mass is 549 g/mol. The molecule has 0 spiro atoms. The molecule has 0 aromatic heterocycles. The lowest BCUT2D eigenvalue weighted by atomic mass is 10.0. The van der Waals surface area contributed by atoms with Crippen LogP contribution in [0.4, 0.5) is 0 Å². The van der Waals surface area contributed by atoms with Gasteiger partial charge in [0.15, 0.2) is 0 Å². The molecule has 0 aliphatic rings. The molecule has 0 bridgehead atoms. The Kier molecular flexibility index (Phi) is 23.2. The van der Waals surface area contributed by atoms with Crippen molar-refractivity contribution in [2.24, 2.45) is 11.5 Å². The molecule has 0 saturated heterocycles. The Bertz CT molecular complexity index is 573. The number of hydrogen-bond donors (Lipinski definition) is 5. The van der Waals surface area contributed by atoms with Crippen LogP contribution in [0.3, 0.4) is 0 Å². The maximum Gasteiger partial charge on any atom is 0.303 e. The molecule has 7 N–H and O–H groups in total. The molecule has 0 rings (SSSR count). The summed E-state index contributed by atoms with van der Waals surface area (Å²) >= 11 is 0. The minimum absolute atomic E-state index is 0.0634. The quantitative estimate of drug-likeness (QED) is 0.0780. The molecule has 0 aliphatic carbocycles. The molecule has 0 radical (unpaired) electrons. The van der Waals surface area contributed by atoms with Crippen molar-refractivity contribution in [3.05, 3.63) is 0 Å². The first-order valence-electron chi connectivity index (χ1n) is 13.2. The van der Waals surface area contributed by atoms with E-state index < -0.39 is 24.0 Å². The normalized spacial score (nSPS) is 12.7. The molecule has 2 unspecified atom stereocenters. The fourth-order valence-corrected chi connectivity index (χ4v) is 5.79. The Morgan fingerprint density at radius 3 is 1.44 bits per heavy atom. The molecule has 1 amide bonds. The fourth-order valence-electron chi connectivity index (χ4n) is 3.51. The number of ketones is 1. The van der Waals surface area contributed by atoms with Crippen LogP contribution >= 0.6 is 21.6 Å². The Hall–Kier alpha value is -1.30. The maximum atomic E-state index is 12.2. The number of nitrogens with two attached hydrogens (primary N) is 2. The molecule has 2 atom stereocenters. The van der Waals surface area contributed by atoms with Gasteiger partial charge in [-0.3, -0.25) is 19.2 Å². The molecule has 0 fully saturated rings.